The van der Waals surface area contributed by atoms with Gasteiger partial charge in [0, 0.05) is 23.3 Å². The summed E-state index contributed by atoms with van der Waals surface area (Å²) in [6, 6.07) is 3.94. The average molecular weight is 238 g/mol. The first-order valence-corrected chi connectivity index (χ1v) is 5.27. The molecule has 1 aromatic rings. The van der Waals surface area contributed by atoms with E-state index in [-0.39, 0.29) is 24.3 Å². The minimum atomic E-state index is -0.968. The van der Waals surface area contributed by atoms with E-state index in [4.69, 9.17) is 0 Å². The lowest BCUT2D eigenvalue weighted by molar-refractivity contribution is -0.529. The Morgan fingerprint density at radius 3 is 2.76 bits per heavy atom. The van der Waals surface area contributed by atoms with Crippen LogP contribution in [0.2, 0.25) is 0 Å². The predicted octanol–water partition coefficient (Wildman–Crippen LogP) is 1.42. The van der Waals surface area contributed by atoms with Crippen LogP contribution in [0, 0.1) is 15.9 Å². The Labute approximate surface area is 96.8 Å². The summed E-state index contributed by atoms with van der Waals surface area (Å²) in [4.78, 5) is 21.7. The number of amides is 1. The molecule has 2 rings (SSSR count). The van der Waals surface area contributed by atoms with Crippen LogP contribution in [0.25, 0.3) is 0 Å². The van der Waals surface area contributed by atoms with Crippen LogP contribution in [0.1, 0.15) is 24.4 Å². The molecule has 1 aromatic carbocycles. The number of rotatable bonds is 2. The molecule has 2 atom stereocenters. The molecule has 5 nitrogen and oxygen atoms in total. The fourth-order valence-corrected chi connectivity index (χ4v) is 2.03. The van der Waals surface area contributed by atoms with E-state index in [1.54, 1.807) is 6.07 Å². The number of benzene rings is 1. The van der Waals surface area contributed by atoms with Crippen molar-refractivity contribution in [1.29, 1.82) is 0 Å². The molecule has 0 spiro atoms. The minimum Gasteiger partial charge on any atom is -0.342 e. The van der Waals surface area contributed by atoms with Crippen molar-refractivity contribution in [3.05, 3.63) is 45.8 Å². The van der Waals surface area contributed by atoms with E-state index in [1.807, 2.05) is 0 Å². The van der Waals surface area contributed by atoms with Crippen molar-refractivity contribution in [1.82, 2.24) is 5.32 Å². The molecule has 0 aliphatic carbocycles. The SMILES string of the molecule is O=C1CC[C@@H]([N+](=O)[O-])[C@@H](c2ccccc2F)N1. The predicted molar refractivity (Wildman–Crippen MR) is 57.3 cm³/mol. The highest BCUT2D eigenvalue weighted by Gasteiger charge is 2.39. The van der Waals surface area contributed by atoms with Gasteiger partial charge in [0.05, 0.1) is 0 Å². The summed E-state index contributed by atoms with van der Waals surface area (Å²) in [5.74, 6) is -0.817. The Bertz CT molecular complexity index is 464. The third-order valence-corrected chi connectivity index (χ3v) is 2.88. The van der Waals surface area contributed by atoms with Gasteiger partial charge < -0.3 is 5.32 Å². The first-order valence-electron chi connectivity index (χ1n) is 5.27. The van der Waals surface area contributed by atoms with Crippen LogP contribution in [-0.2, 0) is 4.79 Å². The first-order chi connectivity index (χ1) is 8.09. The van der Waals surface area contributed by atoms with E-state index >= 15 is 0 Å². The number of piperidine rings is 1. The van der Waals surface area contributed by atoms with Crippen molar-refractivity contribution in [2.24, 2.45) is 0 Å². The Kier molecular flexibility index (Phi) is 3.03. The quantitative estimate of drug-likeness (QED) is 0.625. The summed E-state index contributed by atoms with van der Waals surface area (Å²) in [6.45, 7) is 0. The van der Waals surface area contributed by atoms with Gasteiger partial charge in [-0.1, -0.05) is 18.2 Å². The van der Waals surface area contributed by atoms with E-state index in [1.165, 1.54) is 18.2 Å². The monoisotopic (exact) mass is 238 g/mol. The molecule has 6 heteroatoms. The summed E-state index contributed by atoms with van der Waals surface area (Å²) >= 11 is 0. The summed E-state index contributed by atoms with van der Waals surface area (Å²) in [7, 11) is 0. The fourth-order valence-electron chi connectivity index (χ4n) is 2.03. The second-order valence-electron chi connectivity index (χ2n) is 3.96. The normalized spacial score (nSPS) is 24.2. The molecule has 0 aromatic heterocycles. The highest BCUT2D eigenvalue weighted by atomic mass is 19.1. The summed E-state index contributed by atoms with van der Waals surface area (Å²) in [5.41, 5.74) is 0.169. The van der Waals surface area contributed by atoms with Crippen LogP contribution in [-0.4, -0.2) is 16.9 Å². The Morgan fingerprint density at radius 1 is 1.41 bits per heavy atom. The van der Waals surface area contributed by atoms with Gasteiger partial charge in [-0.25, -0.2) is 4.39 Å². The van der Waals surface area contributed by atoms with Crippen molar-refractivity contribution in [2.75, 3.05) is 0 Å². The van der Waals surface area contributed by atoms with Crippen molar-refractivity contribution in [2.45, 2.75) is 24.9 Å². The number of carbonyl (C=O) groups is 1. The summed E-state index contributed by atoms with van der Waals surface area (Å²) in [5, 5.41) is 13.4. The standard InChI is InChI=1S/C11H11FN2O3/c12-8-4-2-1-3-7(8)11-9(14(16)17)5-6-10(15)13-11/h1-4,9,11H,5-6H2,(H,13,15)/t9-,11-/m1/s1. The van der Waals surface area contributed by atoms with E-state index in [2.05, 4.69) is 5.32 Å². The average Bonchev–Trinajstić information content (AvgIpc) is 2.29. The maximum absolute atomic E-state index is 13.6. The van der Waals surface area contributed by atoms with Gasteiger partial charge in [-0.3, -0.25) is 14.9 Å². The largest absolute Gasteiger partial charge is 0.342 e. The highest BCUT2D eigenvalue weighted by Crippen LogP contribution is 2.27. The molecule has 1 heterocycles. The van der Waals surface area contributed by atoms with Crippen LogP contribution in [0.5, 0.6) is 0 Å². The van der Waals surface area contributed by atoms with Gasteiger partial charge >= 0.3 is 0 Å². The third-order valence-electron chi connectivity index (χ3n) is 2.88. The van der Waals surface area contributed by atoms with Gasteiger partial charge in [-0.05, 0) is 6.07 Å². The van der Waals surface area contributed by atoms with Gasteiger partial charge in [0.2, 0.25) is 11.9 Å². The topological polar surface area (TPSA) is 72.2 Å². The maximum Gasteiger partial charge on any atom is 0.237 e. The number of hydrogen-bond donors (Lipinski definition) is 1. The van der Waals surface area contributed by atoms with E-state index < -0.39 is 22.8 Å². The number of nitro groups is 1. The number of hydrogen-bond acceptors (Lipinski definition) is 3. The van der Waals surface area contributed by atoms with Gasteiger partial charge in [-0.2, -0.15) is 0 Å². The van der Waals surface area contributed by atoms with Crippen molar-refractivity contribution >= 4 is 5.91 Å². The third kappa shape index (κ3) is 2.25. The highest BCUT2D eigenvalue weighted by molar-refractivity contribution is 5.77. The number of nitrogens with one attached hydrogen (secondary N) is 1. The van der Waals surface area contributed by atoms with Crippen LogP contribution in [0.4, 0.5) is 4.39 Å². The zero-order chi connectivity index (χ0) is 12.4. The van der Waals surface area contributed by atoms with E-state index in [9.17, 15) is 19.3 Å². The Morgan fingerprint density at radius 2 is 2.12 bits per heavy atom. The van der Waals surface area contributed by atoms with Crippen molar-refractivity contribution in [3.63, 3.8) is 0 Å². The molecule has 1 aliphatic rings. The first kappa shape index (κ1) is 11.5. The summed E-state index contributed by atoms with van der Waals surface area (Å²) < 4.78 is 13.6. The van der Waals surface area contributed by atoms with Gasteiger partial charge in [-0.15, -0.1) is 0 Å². The van der Waals surface area contributed by atoms with Crippen molar-refractivity contribution < 1.29 is 14.1 Å². The van der Waals surface area contributed by atoms with E-state index in [0.717, 1.165) is 0 Å². The Hall–Kier alpha value is -1.98. The van der Waals surface area contributed by atoms with Crippen LogP contribution >= 0.6 is 0 Å². The van der Waals surface area contributed by atoms with E-state index in [0.29, 0.717) is 0 Å². The minimum absolute atomic E-state index is 0.108. The second kappa shape index (κ2) is 4.48. The van der Waals surface area contributed by atoms with Crippen LogP contribution in [0.15, 0.2) is 24.3 Å². The fraction of sp³-hybridized carbons (Fsp3) is 0.364. The molecule has 1 saturated heterocycles. The number of halogens is 1. The lowest BCUT2D eigenvalue weighted by Crippen LogP contribution is -2.45. The summed E-state index contributed by atoms with van der Waals surface area (Å²) in [6.07, 6.45) is 0.244. The molecule has 0 radical (unpaired) electrons. The van der Waals surface area contributed by atoms with Crippen molar-refractivity contribution in [3.8, 4) is 0 Å². The Balaban J connectivity index is 2.35. The lowest BCUT2D eigenvalue weighted by Gasteiger charge is -2.26. The number of carbonyl (C=O) groups excluding carboxylic acids is 1. The molecule has 0 saturated carbocycles. The molecular weight excluding hydrogens is 227 g/mol. The van der Waals surface area contributed by atoms with Crippen LogP contribution in [0.3, 0.4) is 0 Å². The molecule has 0 bridgehead atoms. The molecule has 1 N–H and O–H groups in total. The van der Waals surface area contributed by atoms with Gasteiger partial charge in [0.25, 0.3) is 0 Å². The van der Waals surface area contributed by atoms with Crippen LogP contribution < -0.4 is 5.32 Å². The number of nitrogens with zero attached hydrogens (tertiary/aromatic N) is 1. The smallest absolute Gasteiger partial charge is 0.237 e. The van der Waals surface area contributed by atoms with Gasteiger partial charge in [0.15, 0.2) is 0 Å². The van der Waals surface area contributed by atoms with Gasteiger partial charge in [0.1, 0.15) is 11.9 Å². The second-order valence-corrected chi connectivity index (χ2v) is 3.96. The molecule has 1 amide bonds. The molecule has 17 heavy (non-hydrogen) atoms. The molecule has 1 aliphatic heterocycles. The zero-order valence-electron chi connectivity index (χ0n) is 8.93. The lowest BCUT2D eigenvalue weighted by atomic mass is 9.92. The molecular formula is C11H11FN2O3. The molecule has 1 fully saturated rings. The zero-order valence-corrected chi connectivity index (χ0v) is 8.93. The maximum atomic E-state index is 13.6. The molecule has 90 valence electrons. The molecule has 0 unspecified atom stereocenters.